The number of hydrogen-bond donors (Lipinski definition) is 1. The fraction of sp³-hybridized carbons (Fsp3) is 0.207. The first-order valence-electron chi connectivity index (χ1n) is 11.7. The van der Waals surface area contributed by atoms with Gasteiger partial charge in [0.25, 0.3) is 0 Å². The molecule has 0 aliphatic carbocycles. The molecule has 0 fully saturated rings. The third kappa shape index (κ3) is 8.85. The lowest BCUT2D eigenvalue weighted by Gasteiger charge is -2.08. The number of hydrogen-bond acceptors (Lipinski definition) is 7. The van der Waals surface area contributed by atoms with Crippen LogP contribution < -0.4 is 5.32 Å². The molecule has 3 rings (SSSR count). The number of aryl methyl sites for hydroxylation is 1. The van der Waals surface area contributed by atoms with Crippen molar-refractivity contribution in [3.05, 3.63) is 101 Å². The zero-order valence-corrected chi connectivity index (χ0v) is 20.4. The number of amides is 1. The molecule has 3 aromatic carbocycles. The van der Waals surface area contributed by atoms with Crippen LogP contribution in [-0.2, 0) is 19.1 Å². The third-order valence-electron chi connectivity index (χ3n) is 5.36. The molecule has 37 heavy (non-hydrogen) atoms. The van der Waals surface area contributed by atoms with E-state index in [0.29, 0.717) is 16.8 Å². The summed E-state index contributed by atoms with van der Waals surface area (Å²) in [7, 11) is 0. The van der Waals surface area contributed by atoms with E-state index in [1.807, 2.05) is 19.1 Å². The zero-order chi connectivity index (χ0) is 26.6. The van der Waals surface area contributed by atoms with E-state index >= 15 is 0 Å². The lowest BCUT2D eigenvalue weighted by atomic mass is 10.1. The van der Waals surface area contributed by atoms with Crippen molar-refractivity contribution >= 4 is 35.1 Å². The van der Waals surface area contributed by atoms with Gasteiger partial charge in [0.15, 0.2) is 24.8 Å². The molecule has 0 atom stereocenters. The summed E-state index contributed by atoms with van der Waals surface area (Å²) in [5.74, 6) is -2.11. The van der Waals surface area contributed by atoms with Crippen LogP contribution in [0.25, 0.3) is 0 Å². The van der Waals surface area contributed by atoms with Crippen molar-refractivity contribution in [2.24, 2.45) is 0 Å². The first-order valence-corrected chi connectivity index (χ1v) is 11.7. The van der Waals surface area contributed by atoms with Crippen molar-refractivity contribution in [3.8, 4) is 0 Å². The van der Waals surface area contributed by atoms with Crippen molar-refractivity contribution in [3.63, 3.8) is 0 Å². The highest BCUT2D eigenvalue weighted by atomic mass is 16.5. The summed E-state index contributed by atoms with van der Waals surface area (Å²) >= 11 is 0. The predicted molar refractivity (Wildman–Crippen MR) is 136 cm³/mol. The van der Waals surface area contributed by atoms with E-state index in [4.69, 9.17) is 9.47 Å². The van der Waals surface area contributed by atoms with Crippen LogP contribution in [0.1, 0.15) is 55.9 Å². The van der Waals surface area contributed by atoms with Gasteiger partial charge in [-0.3, -0.25) is 19.2 Å². The molecule has 0 heterocycles. The van der Waals surface area contributed by atoms with Crippen LogP contribution in [0.15, 0.2) is 78.9 Å². The Morgan fingerprint density at radius 3 is 1.86 bits per heavy atom. The van der Waals surface area contributed by atoms with E-state index in [-0.39, 0.29) is 55.5 Å². The summed E-state index contributed by atoms with van der Waals surface area (Å²) in [5, 5.41) is 2.68. The Morgan fingerprint density at radius 2 is 1.22 bits per heavy atom. The standard InChI is InChI=1S/C29H27NO7/c1-20-10-12-22(13-11-20)25(31)18-36-28(34)9-5-8-27(33)30-24-16-14-23(15-17-24)29(35)37-19-26(32)21-6-3-2-4-7-21/h2-4,6-7,10-17H,5,8-9,18-19H2,1H3,(H,30,33). The van der Waals surface area contributed by atoms with E-state index in [2.05, 4.69) is 5.32 Å². The summed E-state index contributed by atoms with van der Waals surface area (Å²) in [6.07, 6.45) is 0.330. The highest BCUT2D eigenvalue weighted by Gasteiger charge is 2.13. The largest absolute Gasteiger partial charge is 0.457 e. The molecule has 0 saturated heterocycles. The van der Waals surface area contributed by atoms with Gasteiger partial charge in [0.2, 0.25) is 5.91 Å². The average molecular weight is 502 g/mol. The Kier molecular flexibility index (Phi) is 9.84. The molecule has 0 unspecified atom stereocenters. The maximum Gasteiger partial charge on any atom is 0.338 e. The fourth-order valence-electron chi connectivity index (χ4n) is 3.27. The number of anilines is 1. The van der Waals surface area contributed by atoms with Crippen LogP contribution in [0.5, 0.6) is 0 Å². The Balaban J connectivity index is 1.34. The SMILES string of the molecule is Cc1ccc(C(=O)COC(=O)CCCC(=O)Nc2ccc(C(=O)OCC(=O)c3ccccc3)cc2)cc1. The first-order chi connectivity index (χ1) is 17.8. The quantitative estimate of drug-likeness (QED) is 0.285. The summed E-state index contributed by atoms with van der Waals surface area (Å²) < 4.78 is 10.1. The van der Waals surface area contributed by atoms with Gasteiger partial charge in [-0.05, 0) is 37.6 Å². The van der Waals surface area contributed by atoms with Crippen LogP contribution in [0.4, 0.5) is 5.69 Å². The molecular weight excluding hydrogens is 474 g/mol. The van der Waals surface area contributed by atoms with Gasteiger partial charge in [0.1, 0.15) is 0 Å². The Bertz CT molecular complexity index is 1250. The fourth-order valence-corrected chi connectivity index (χ4v) is 3.27. The normalized spacial score (nSPS) is 10.3. The minimum absolute atomic E-state index is 0.00107. The van der Waals surface area contributed by atoms with Crippen molar-refractivity contribution in [1.82, 2.24) is 0 Å². The molecule has 0 saturated carbocycles. The lowest BCUT2D eigenvalue weighted by Crippen LogP contribution is -2.16. The third-order valence-corrected chi connectivity index (χ3v) is 5.36. The van der Waals surface area contributed by atoms with E-state index in [1.165, 1.54) is 12.1 Å². The number of ketones is 2. The smallest absolute Gasteiger partial charge is 0.338 e. The average Bonchev–Trinajstić information content (AvgIpc) is 2.91. The summed E-state index contributed by atoms with van der Waals surface area (Å²) in [5.41, 5.74) is 2.66. The van der Waals surface area contributed by atoms with Crippen molar-refractivity contribution in [2.45, 2.75) is 26.2 Å². The molecule has 0 aromatic heterocycles. The van der Waals surface area contributed by atoms with Crippen LogP contribution in [-0.4, -0.2) is 42.6 Å². The van der Waals surface area contributed by atoms with Gasteiger partial charge in [0.05, 0.1) is 5.56 Å². The number of ether oxygens (including phenoxy) is 2. The minimum Gasteiger partial charge on any atom is -0.457 e. The topological polar surface area (TPSA) is 116 Å². The zero-order valence-electron chi connectivity index (χ0n) is 20.4. The van der Waals surface area contributed by atoms with Crippen molar-refractivity contribution < 1.29 is 33.4 Å². The second-order valence-corrected chi connectivity index (χ2v) is 8.29. The molecular formula is C29H27NO7. The maximum absolute atomic E-state index is 12.2. The minimum atomic E-state index is -0.651. The van der Waals surface area contributed by atoms with E-state index in [0.717, 1.165) is 5.56 Å². The maximum atomic E-state index is 12.2. The predicted octanol–water partition coefficient (Wildman–Crippen LogP) is 4.57. The number of rotatable bonds is 12. The van der Waals surface area contributed by atoms with Gasteiger partial charge >= 0.3 is 11.9 Å². The molecule has 3 aromatic rings. The van der Waals surface area contributed by atoms with Gasteiger partial charge in [-0.15, -0.1) is 0 Å². The lowest BCUT2D eigenvalue weighted by molar-refractivity contribution is -0.142. The molecule has 0 spiro atoms. The number of carbonyl (C=O) groups is 5. The number of Topliss-reactive ketones (excluding diaryl/α,β-unsaturated/α-hetero) is 2. The van der Waals surface area contributed by atoms with E-state index in [1.54, 1.807) is 54.6 Å². The Hall–Kier alpha value is -4.59. The van der Waals surface area contributed by atoms with Crippen LogP contribution >= 0.6 is 0 Å². The number of benzene rings is 3. The second-order valence-electron chi connectivity index (χ2n) is 8.29. The molecule has 190 valence electrons. The molecule has 0 aliphatic heterocycles. The van der Waals surface area contributed by atoms with Gasteiger partial charge in [-0.25, -0.2) is 4.79 Å². The number of esters is 2. The molecule has 8 nitrogen and oxygen atoms in total. The highest BCUT2D eigenvalue weighted by molar-refractivity contribution is 6.00. The van der Waals surface area contributed by atoms with E-state index in [9.17, 15) is 24.0 Å². The van der Waals surface area contributed by atoms with Crippen LogP contribution in [0.3, 0.4) is 0 Å². The summed E-state index contributed by atoms with van der Waals surface area (Å²) in [4.78, 5) is 60.3. The molecule has 0 aliphatic rings. The molecule has 0 radical (unpaired) electrons. The highest BCUT2D eigenvalue weighted by Crippen LogP contribution is 2.12. The van der Waals surface area contributed by atoms with Gasteiger partial charge < -0.3 is 14.8 Å². The van der Waals surface area contributed by atoms with E-state index < -0.39 is 11.9 Å². The van der Waals surface area contributed by atoms with Gasteiger partial charge in [-0.1, -0.05) is 60.2 Å². The molecule has 8 heteroatoms. The van der Waals surface area contributed by atoms with Crippen molar-refractivity contribution in [2.75, 3.05) is 18.5 Å². The first kappa shape index (κ1) is 27.0. The van der Waals surface area contributed by atoms with Crippen LogP contribution in [0.2, 0.25) is 0 Å². The molecule has 1 amide bonds. The number of carbonyl (C=O) groups excluding carboxylic acids is 5. The van der Waals surface area contributed by atoms with Gasteiger partial charge in [0, 0.05) is 29.7 Å². The van der Waals surface area contributed by atoms with Crippen molar-refractivity contribution in [1.29, 1.82) is 0 Å². The monoisotopic (exact) mass is 501 g/mol. The summed E-state index contributed by atoms with van der Waals surface area (Å²) in [6, 6.07) is 21.5. The molecule has 0 bridgehead atoms. The van der Waals surface area contributed by atoms with Crippen LogP contribution in [0, 0.1) is 6.92 Å². The number of nitrogens with one attached hydrogen (secondary N) is 1. The molecule has 1 N–H and O–H groups in total. The van der Waals surface area contributed by atoms with Gasteiger partial charge in [-0.2, -0.15) is 0 Å². The Labute approximate surface area is 214 Å². The second kappa shape index (κ2) is 13.5. The Morgan fingerprint density at radius 1 is 0.649 bits per heavy atom. The summed E-state index contributed by atoms with van der Waals surface area (Å²) in [6.45, 7) is 1.20.